The van der Waals surface area contributed by atoms with Crippen LogP contribution >= 0.6 is 0 Å². The molecule has 0 aromatic heterocycles. The van der Waals surface area contributed by atoms with Gasteiger partial charge in [-0.2, -0.15) is 0 Å². The largest absolute Gasteiger partial charge is 0.481 e. The van der Waals surface area contributed by atoms with E-state index >= 15 is 0 Å². The zero-order chi connectivity index (χ0) is 32.6. The van der Waals surface area contributed by atoms with Gasteiger partial charge in [0.05, 0.1) is 37.9 Å². The number of rotatable bonds is 8. The molecule has 0 radical (unpaired) electrons. The molecule has 2 saturated heterocycles. The van der Waals surface area contributed by atoms with Crippen LogP contribution in [0, 0.1) is 56.7 Å². The van der Waals surface area contributed by atoms with Crippen LogP contribution in [0.5, 0.6) is 0 Å². The fraction of sp³-hybridized carbons (Fsp3) is 0.921. The second kappa shape index (κ2) is 11.6. The van der Waals surface area contributed by atoms with E-state index in [9.17, 15) is 9.90 Å². The zero-order valence-corrected chi connectivity index (χ0v) is 29.8. The average molecular weight is 630 g/mol. The molecule has 5 fully saturated rings. The molecule has 0 aromatic rings. The summed E-state index contributed by atoms with van der Waals surface area (Å²) in [7, 11) is 3.92. The summed E-state index contributed by atoms with van der Waals surface area (Å²) < 4.78 is 25.7. The standard InChI is InChI=1S/C38H63NO6/c1-24(2)25(3)33(4)14-15-35(6)26-10-11-29-34(5)21-44-23-38(29,27(26)12-13-36(35,7)30(33)32(40)41)20-28(42-9)31(34)45-22-37(39-8)16-18-43-19-17-37/h12,24-26,28-31,39H,10-11,13-23H2,1-9H3,(H,40,41)/t25-,26+,28-,29+,30-,31+,33-,34-,35-,36+,38+/m1/s1. The Hall–Kier alpha value is -0.990. The minimum atomic E-state index is -0.600. The molecular formula is C38H63NO6. The Bertz CT molecular complexity index is 1160. The number of methoxy groups -OCH3 is 1. The van der Waals surface area contributed by atoms with E-state index in [4.69, 9.17) is 18.9 Å². The van der Waals surface area contributed by atoms with Crippen molar-refractivity contribution < 1.29 is 28.8 Å². The minimum Gasteiger partial charge on any atom is -0.481 e. The third-order valence-corrected chi connectivity index (χ3v) is 15.9. The van der Waals surface area contributed by atoms with E-state index in [-0.39, 0.29) is 50.7 Å². The van der Waals surface area contributed by atoms with Gasteiger partial charge in [-0.05, 0) is 98.3 Å². The highest BCUT2D eigenvalue weighted by molar-refractivity contribution is 5.73. The molecule has 4 aliphatic carbocycles. The first-order valence-corrected chi connectivity index (χ1v) is 18.1. The van der Waals surface area contributed by atoms with Gasteiger partial charge in [0.2, 0.25) is 0 Å². The highest BCUT2D eigenvalue weighted by Gasteiger charge is 2.71. The molecule has 45 heavy (non-hydrogen) atoms. The Balaban J connectivity index is 1.36. The van der Waals surface area contributed by atoms with Crippen LogP contribution in [0.15, 0.2) is 11.6 Å². The van der Waals surface area contributed by atoms with E-state index in [1.807, 2.05) is 7.11 Å². The third kappa shape index (κ3) is 4.70. The number of carbonyl (C=O) groups is 1. The molecule has 11 atom stereocenters. The molecule has 2 heterocycles. The van der Waals surface area contributed by atoms with Crippen molar-refractivity contribution in [3.8, 4) is 0 Å². The van der Waals surface area contributed by atoms with Gasteiger partial charge in [-0.1, -0.05) is 60.1 Å². The summed E-state index contributed by atoms with van der Waals surface area (Å²) in [5, 5.41) is 14.6. The number of ether oxygens (including phenoxy) is 4. The van der Waals surface area contributed by atoms with Gasteiger partial charge in [0.1, 0.15) is 0 Å². The molecule has 256 valence electrons. The number of likely N-dealkylation sites (N-methyl/N-ethyl adjacent to an activating group) is 1. The van der Waals surface area contributed by atoms with Crippen LogP contribution in [0.25, 0.3) is 0 Å². The van der Waals surface area contributed by atoms with Crippen molar-refractivity contribution in [3.05, 3.63) is 11.6 Å². The monoisotopic (exact) mass is 629 g/mol. The van der Waals surface area contributed by atoms with Crippen molar-refractivity contribution in [2.75, 3.05) is 47.2 Å². The highest BCUT2D eigenvalue weighted by atomic mass is 16.5. The topological polar surface area (TPSA) is 86.2 Å². The fourth-order valence-electron chi connectivity index (χ4n) is 12.6. The molecule has 7 heteroatoms. The SMILES string of the molecule is CNC1(CO[C@H]2[C@H](OC)C[C@@]34COC[C@]2(C)[C@@H]3CC[C@H]2C4=CC[C@@]3(C)[C@H](C(=O)O)[C@@](C)([C@H](C)C(C)C)CC[C@]23C)CCOCC1. The molecular weight excluding hydrogens is 566 g/mol. The normalized spacial score (nSPS) is 48.0. The van der Waals surface area contributed by atoms with E-state index in [1.165, 1.54) is 0 Å². The summed E-state index contributed by atoms with van der Waals surface area (Å²) in [5.41, 5.74) is 0.623. The van der Waals surface area contributed by atoms with Crippen LogP contribution in [0.3, 0.4) is 0 Å². The van der Waals surface area contributed by atoms with Gasteiger partial charge in [-0.25, -0.2) is 0 Å². The quantitative estimate of drug-likeness (QED) is 0.288. The molecule has 0 unspecified atom stereocenters. The maximum Gasteiger partial charge on any atom is 0.307 e. The lowest BCUT2D eigenvalue weighted by Gasteiger charge is -2.71. The Kier molecular flexibility index (Phi) is 8.71. The van der Waals surface area contributed by atoms with Gasteiger partial charge in [0.15, 0.2) is 0 Å². The van der Waals surface area contributed by atoms with E-state index in [1.54, 1.807) is 5.57 Å². The number of fused-ring (bicyclic) bond motifs is 3. The summed E-state index contributed by atoms with van der Waals surface area (Å²) >= 11 is 0. The van der Waals surface area contributed by atoms with Crippen LogP contribution in [0.4, 0.5) is 0 Å². The van der Waals surface area contributed by atoms with Gasteiger partial charge in [-0.3, -0.25) is 4.79 Å². The van der Waals surface area contributed by atoms with Crippen molar-refractivity contribution in [2.45, 2.75) is 118 Å². The van der Waals surface area contributed by atoms with E-state index in [0.29, 0.717) is 36.9 Å². The second-order valence-corrected chi connectivity index (χ2v) is 17.7. The first kappa shape index (κ1) is 33.9. The molecule has 0 aromatic carbocycles. The molecule has 0 spiro atoms. The molecule has 2 N–H and O–H groups in total. The van der Waals surface area contributed by atoms with Crippen molar-refractivity contribution in [1.82, 2.24) is 5.32 Å². The van der Waals surface area contributed by atoms with Gasteiger partial charge in [0, 0.05) is 36.7 Å². The summed E-state index contributed by atoms with van der Waals surface area (Å²) in [6.07, 6.45) is 10.4. The summed E-state index contributed by atoms with van der Waals surface area (Å²) in [6, 6.07) is 0. The Labute approximate surface area is 272 Å². The Morgan fingerprint density at radius 1 is 1.02 bits per heavy atom. The maximum atomic E-state index is 13.4. The smallest absolute Gasteiger partial charge is 0.307 e. The minimum absolute atomic E-state index is 0.0158. The molecule has 6 aliphatic rings. The lowest BCUT2D eigenvalue weighted by molar-refractivity contribution is -0.270. The Morgan fingerprint density at radius 3 is 2.36 bits per heavy atom. The first-order chi connectivity index (χ1) is 21.2. The van der Waals surface area contributed by atoms with Gasteiger partial charge in [-0.15, -0.1) is 0 Å². The maximum absolute atomic E-state index is 13.4. The predicted octanol–water partition coefficient (Wildman–Crippen LogP) is 6.74. The van der Waals surface area contributed by atoms with Crippen molar-refractivity contribution in [1.29, 1.82) is 0 Å². The number of hydrogen-bond donors (Lipinski definition) is 2. The number of hydrogen-bond acceptors (Lipinski definition) is 6. The van der Waals surface area contributed by atoms with E-state index in [2.05, 4.69) is 66.9 Å². The molecule has 2 aliphatic heterocycles. The summed E-state index contributed by atoms with van der Waals surface area (Å²) in [5.74, 6) is 0.635. The number of carboxylic acids is 1. The Morgan fingerprint density at radius 2 is 1.73 bits per heavy atom. The number of nitrogens with one attached hydrogen (secondary N) is 1. The second-order valence-electron chi connectivity index (χ2n) is 17.7. The summed E-state index contributed by atoms with van der Waals surface area (Å²) in [6.45, 7) is 19.9. The lowest BCUT2D eigenvalue weighted by atomic mass is 9.34. The van der Waals surface area contributed by atoms with Gasteiger partial charge < -0.3 is 29.4 Å². The zero-order valence-electron chi connectivity index (χ0n) is 29.8. The number of allylic oxidation sites excluding steroid dienone is 1. The predicted molar refractivity (Wildman–Crippen MR) is 176 cm³/mol. The van der Waals surface area contributed by atoms with Crippen LogP contribution in [0.2, 0.25) is 0 Å². The van der Waals surface area contributed by atoms with Crippen molar-refractivity contribution >= 4 is 5.97 Å². The van der Waals surface area contributed by atoms with E-state index in [0.717, 1.165) is 71.2 Å². The molecule has 3 saturated carbocycles. The van der Waals surface area contributed by atoms with Crippen molar-refractivity contribution in [2.24, 2.45) is 56.7 Å². The number of carboxylic acid groups (broad SMARTS) is 1. The van der Waals surface area contributed by atoms with Crippen molar-refractivity contribution in [3.63, 3.8) is 0 Å². The molecule has 6 rings (SSSR count). The third-order valence-electron chi connectivity index (χ3n) is 15.9. The first-order valence-electron chi connectivity index (χ1n) is 18.1. The van der Waals surface area contributed by atoms with Crippen LogP contribution in [-0.2, 0) is 23.7 Å². The van der Waals surface area contributed by atoms with E-state index < -0.39 is 5.97 Å². The van der Waals surface area contributed by atoms with Crippen LogP contribution in [0.1, 0.15) is 99.8 Å². The highest BCUT2D eigenvalue weighted by Crippen LogP contribution is 2.75. The molecule has 0 amide bonds. The van der Waals surface area contributed by atoms with Crippen LogP contribution < -0.4 is 5.32 Å². The fourth-order valence-corrected chi connectivity index (χ4v) is 12.6. The van der Waals surface area contributed by atoms with Crippen LogP contribution in [-0.4, -0.2) is 76.0 Å². The molecule has 2 bridgehead atoms. The van der Waals surface area contributed by atoms with Gasteiger partial charge >= 0.3 is 5.97 Å². The van der Waals surface area contributed by atoms with Gasteiger partial charge in [0.25, 0.3) is 0 Å². The lowest BCUT2D eigenvalue weighted by Crippen LogP contribution is -2.70. The average Bonchev–Trinajstić information content (AvgIpc) is 3.00. The summed E-state index contributed by atoms with van der Waals surface area (Å²) in [4.78, 5) is 13.4. The number of aliphatic carboxylic acids is 1. The molecule has 7 nitrogen and oxygen atoms in total.